The first-order chi connectivity index (χ1) is 12.5. The first-order valence-corrected chi connectivity index (χ1v) is 9.88. The molecule has 0 saturated heterocycles. The fourth-order valence-electron chi connectivity index (χ4n) is 4.20. The molecular weight excluding hydrogens is 324 g/mol. The molecule has 1 N–H and O–H groups in total. The second-order valence-electron chi connectivity index (χ2n) is 7.99. The number of phenols is 1. The van der Waals surface area contributed by atoms with Crippen molar-refractivity contribution in [1.82, 2.24) is 4.90 Å². The normalized spacial score (nSPS) is 18.0. The van der Waals surface area contributed by atoms with Crippen LogP contribution in [0.25, 0.3) is 5.57 Å². The highest BCUT2D eigenvalue weighted by Gasteiger charge is 2.38. The summed E-state index contributed by atoms with van der Waals surface area (Å²) in [4.78, 5) is 1.76. The maximum Gasteiger partial charge on any atom is 0.179 e. The van der Waals surface area contributed by atoms with Crippen LogP contribution in [0.2, 0.25) is 0 Å². The highest BCUT2D eigenvalue weighted by Crippen LogP contribution is 2.48. The van der Waals surface area contributed by atoms with Gasteiger partial charge in [-0.25, -0.2) is 0 Å². The van der Waals surface area contributed by atoms with E-state index in [1.807, 2.05) is 6.07 Å². The Balaban J connectivity index is 1.87. The average Bonchev–Trinajstić information content (AvgIpc) is 2.60. The molecule has 26 heavy (non-hydrogen) atoms. The first-order valence-electron chi connectivity index (χ1n) is 9.88. The second kappa shape index (κ2) is 7.61. The van der Waals surface area contributed by atoms with E-state index >= 15 is 0 Å². The van der Waals surface area contributed by atoms with Crippen molar-refractivity contribution in [1.29, 1.82) is 5.26 Å². The van der Waals surface area contributed by atoms with Gasteiger partial charge in [0.2, 0.25) is 0 Å². The number of hydrogen-bond acceptors (Lipinski definition) is 4. The molecule has 0 amide bonds. The third kappa shape index (κ3) is 3.67. The van der Waals surface area contributed by atoms with Gasteiger partial charge in [-0.2, -0.15) is 5.26 Å². The van der Waals surface area contributed by atoms with E-state index in [0.717, 1.165) is 41.7 Å². The smallest absolute Gasteiger partial charge is 0.179 e. The van der Waals surface area contributed by atoms with Crippen LogP contribution in [0.15, 0.2) is 17.7 Å². The minimum absolute atomic E-state index is 0.286. The van der Waals surface area contributed by atoms with E-state index in [-0.39, 0.29) is 5.75 Å². The van der Waals surface area contributed by atoms with E-state index < -0.39 is 5.60 Å². The molecule has 2 aliphatic rings. The number of phenolic OH excluding ortho intramolecular Hbond substituents is 1. The van der Waals surface area contributed by atoms with Crippen molar-refractivity contribution in [3.8, 4) is 17.7 Å². The Morgan fingerprint density at radius 2 is 2.00 bits per heavy atom. The molecule has 1 aromatic carbocycles. The van der Waals surface area contributed by atoms with Gasteiger partial charge in [-0.15, -0.1) is 0 Å². The highest BCUT2D eigenvalue weighted by atomic mass is 16.5. The molecule has 0 radical (unpaired) electrons. The largest absolute Gasteiger partial charge is 0.507 e. The summed E-state index contributed by atoms with van der Waals surface area (Å²) in [6, 6.07) is 3.97. The maximum atomic E-state index is 10.7. The molecule has 0 atom stereocenters. The molecule has 0 spiro atoms. The maximum absolute atomic E-state index is 10.7. The molecule has 4 heteroatoms. The summed E-state index contributed by atoms with van der Waals surface area (Å²) in [5.74, 6) is 1.05. The van der Waals surface area contributed by atoms with E-state index in [9.17, 15) is 10.4 Å². The highest BCUT2D eigenvalue weighted by molar-refractivity contribution is 5.82. The zero-order valence-electron chi connectivity index (χ0n) is 16.3. The van der Waals surface area contributed by atoms with Crippen LogP contribution in [-0.4, -0.2) is 28.7 Å². The minimum atomic E-state index is -0.393. The molecule has 4 nitrogen and oxygen atoms in total. The van der Waals surface area contributed by atoms with Gasteiger partial charge in [0.25, 0.3) is 0 Å². The van der Waals surface area contributed by atoms with E-state index in [1.54, 1.807) is 4.90 Å². The van der Waals surface area contributed by atoms with Crippen LogP contribution in [0.1, 0.15) is 70.4 Å². The molecule has 0 bridgehead atoms. The minimum Gasteiger partial charge on any atom is -0.507 e. The number of ether oxygens (including phenoxy) is 1. The van der Waals surface area contributed by atoms with Crippen molar-refractivity contribution in [2.24, 2.45) is 0 Å². The van der Waals surface area contributed by atoms with Crippen LogP contribution in [0.5, 0.6) is 11.5 Å². The SMILES string of the molecule is CCCCCCCc1cc(O)c2c(c1)OC(C)(C)C1=C2CN(C#N)CC1. The van der Waals surface area contributed by atoms with E-state index in [0.29, 0.717) is 13.1 Å². The predicted molar refractivity (Wildman–Crippen MR) is 104 cm³/mol. The molecule has 140 valence electrons. The second-order valence-corrected chi connectivity index (χ2v) is 7.99. The molecule has 1 aromatic rings. The van der Waals surface area contributed by atoms with Gasteiger partial charge in [0.05, 0.1) is 12.1 Å². The van der Waals surface area contributed by atoms with Gasteiger partial charge >= 0.3 is 0 Å². The molecular formula is C22H30N2O2. The summed E-state index contributed by atoms with van der Waals surface area (Å²) in [6.07, 6.45) is 10.2. The summed E-state index contributed by atoms with van der Waals surface area (Å²) in [7, 11) is 0. The van der Waals surface area contributed by atoms with Crippen LogP contribution in [0.4, 0.5) is 0 Å². The molecule has 2 aliphatic heterocycles. The zero-order valence-corrected chi connectivity index (χ0v) is 16.3. The van der Waals surface area contributed by atoms with Crippen molar-refractivity contribution in [2.45, 2.75) is 71.3 Å². The Labute approximate surface area is 157 Å². The molecule has 0 unspecified atom stereocenters. The van der Waals surface area contributed by atoms with Crippen LogP contribution in [0, 0.1) is 11.5 Å². The molecule has 2 heterocycles. The number of rotatable bonds is 6. The van der Waals surface area contributed by atoms with Crippen molar-refractivity contribution in [3.63, 3.8) is 0 Å². The summed E-state index contributed by atoms with van der Waals surface area (Å²) >= 11 is 0. The number of aryl methyl sites for hydroxylation is 1. The lowest BCUT2D eigenvalue weighted by atomic mass is 9.81. The van der Waals surface area contributed by atoms with Crippen molar-refractivity contribution in [3.05, 3.63) is 28.8 Å². The monoisotopic (exact) mass is 354 g/mol. The fourth-order valence-corrected chi connectivity index (χ4v) is 4.20. The van der Waals surface area contributed by atoms with Crippen molar-refractivity contribution >= 4 is 5.57 Å². The van der Waals surface area contributed by atoms with Gasteiger partial charge in [0.15, 0.2) is 6.19 Å². The first kappa shape index (κ1) is 18.6. The van der Waals surface area contributed by atoms with Gasteiger partial charge in [-0.05, 0) is 62.0 Å². The number of benzene rings is 1. The number of nitriles is 1. The van der Waals surface area contributed by atoms with Gasteiger partial charge in [-0.1, -0.05) is 32.6 Å². The summed E-state index contributed by atoms with van der Waals surface area (Å²) in [6.45, 7) is 7.66. The van der Waals surface area contributed by atoms with Crippen molar-refractivity contribution in [2.75, 3.05) is 13.1 Å². The average molecular weight is 354 g/mol. The van der Waals surface area contributed by atoms with E-state index in [1.165, 1.54) is 31.3 Å². The molecule has 0 fully saturated rings. The zero-order chi connectivity index (χ0) is 18.7. The quantitative estimate of drug-likeness (QED) is 0.576. The molecule has 0 saturated carbocycles. The van der Waals surface area contributed by atoms with E-state index in [2.05, 4.69) is 33.0 Å². The van der Waals surface area contributed by atoms with Crippen molar-refractivity contribution < 1.29 is 9.84 Å². The number of aromatic hydroxyl groups is 1. The Morgan fingerprint density at radius 1 is 1.23 bits per heavy atom. The Morgan fingerprint density at radius 3 is 2.73 bits per heavy atom. The van der Waals surface area contributed by atoms with E-state index in [4.69, 9.17) is 4.74 Å². The van der Waals surface area contributed by atoms with Crippen LogP contribution >= 0.6 is 0 Å². The lowest BCUT2D eigenvalue weighted by molar-refractivity contribution is 0.134. The topological polar surface area (TPSA) is 56.5 Å². The third-order valence-corrected chi connectivity index (χ3v) is 5.59. The van der Waals surface area contributed by atoms with Gasteiger partial charge < -0.3 is 14.7 Å². The molecule has 3 rings (SSSR count). The molecule has 0 aliphatic carbocycles. The Hall–Kier alpha value is -2.15. The number of fused-ring (bicyclic) bond motifs is 2. The molecule has 0 aromatic heterocycles. The van der Waals surface area contributed by atoms with Crippen LogP contribution in [-0.2, 0) is 6.42 Å². The lowest BCUT2D eigenvalue weighted by Crippen LogP contribution is -2.41. The van der Waals surface area contributed by atoms with Crippen LogP contribution in [0.3, 0.4) is 0 Å². The number of nitrogens with zero attached hydrogens (tertiary/aromatic N) is 2. The number of unbranched alkanes of at least 4 members (excludes halogenated alkanes) is 4. The predicted octanol–water partition coefficient (Wildman–Crippen LogP) is 5.02. The Kier molecular flexibility index (Phi) is 5.46. The van der Waals surface area contributed by atoms with Gasteiger partial charge in [0, 0.05) is 6.54 Å². The van der Waals surface area contributed by atoms with Crippen LogP contribution < -0.4 is 4.74 Å². The fraction of sp³-hybridized carbons (Fsp3) is 0.591. The summed E-state index contributed by atoms with van der Waals surface area (Å²) < 4.78 is 6.30. The Bertz CT molecular complexity index is 743. The standard InChI is InChI=1S/C22H30N2O2/c1-4-5-6-7-8-9-16-12-19(25)21-17-14-24(15-23)11-10-18(17)22(2,3)26-20(21)13-16/h12-13,25H,4-11,14H2,1-3H3. The summed E-state index contributed by atoms with van der Waals surface area (Å²) in [5, 5.41) is 20.0. The summed E-state index contributed by atoms with van der Waals surface area (Å²) in [5.41, 5.74) is 3.80. The lowest BCUT2D eigenvalue weighted by Gasteiger charge is -2.41. The van der Waals surface area contributed by atoms with Gasteiger partial charge in [-0.3, -0.25) is 0 Å². The van der Waals surface area contributed by atoms with Gasteiger partial charge in [0.1, 0.15) is 17.1 Å². The third-order valence-electron chi connectivity index (χ3n) is 5.59. The number of hydrogen-bond donors (Lipinski definition) is 1.